The van der Waals surface area contributed by atoms with Crippen LogP contribution < -0.4 is 10.5 Å². The molecule has 0 aliphatic carbocycles. The molecule has 0 fully saturated rings. The molecule has 1 aromatic rings. The molecule has 2 nitrogen and oxygen atoms in total. The molecule has 0 heterocycles. The molecular formula is C14H23NO. The first kappa shape index (κ1) is 13.0. The molecule has 90 valence electrons. The van der Waals surface area contributed by atoms with Crippen LogP contribution in [0.2, 0.25) is 0 Å². The summed E-state index contributed by atoms with van der Waals surface area (Å²) in [5, 5.41) is 0. The molecule has 0 saturated heterocycles. The highest BCUT2D eigenvalue weighted by Gasteiger charge is 2.12. The van der Waals surface area contributed by atoms with Gasteiger partial charge in [-0.15, -0.1) is 0 Å². The lowest BCUT2D eigenvalue weighted by atomic mass is 9.98. The zero-order chi connectivity index (χ0) is 12.2. The zero-order valence-electron chi connectivity index (χ0n) is 10.8. The van der Waals surface area contributed by atoms with E-state index in [1.54, 1.807) is 0 Å². The van der Waals surface area contributed by atoms with E-state index in [9.17, 15) is 0 Å². The topological polar surface area (TPSA) is 35.2 Å². The standard InChI is InChI=1S/C14H23NO/c1-11(9-10-15)12-5-7-13(8-6-12)16-14(2,3)4/h5-8,11H,9-10,15H2,1-4H3. The summed E-state index contributed by atoms with van der Waals surface area (Å²) in [6, 6.07) is 8.32. The van der Waals surface area contributed by atoms with Crippen molar-refractivity contribution in [3.63, 3.8) is 0 Å². The molecule has 0 aliphatic rings. The van der Waals surface area contributed by atoms with Crippen LogP contribution in [0.5, 0.6) is 5.75 Å². The van der Waals surface area contributed by atoms with E-state index >= 15 is 0 Å². The van der Waals surface area contributed by atoms with Gasteiger partial charge in [-0.05, 0) is 57.4 Å². The second-order valence-corrected chi connectivity index (χ2v) is 5.26. The number of hydrogen-bond donors (Lipinski definition) is 1. The van der Waals surface area contributed by atoms with Crippen LogP contribution >= 0.6 is 0 Å². The van der Waals surface area contributed by atoms with Gasteiger partial charge in [0.1, 0.15) is 11.4 Å². The summed E-state index contributed by atoms with van der Waals surface area (Å²) in [6.45, 7) is 9.10. The van der Waals surface area contributed by atoms with Crippen molar-refractivity contribution < 1.29 is 4.74 Å². The molecule has 1 rings (SSSR count). The van der Waals surface area contributed by atoms with Crippen LogP contribution in [-0.4, -0.2) is 12.1 Å². The normalized spacial score (nSPS) is 13.6. The third kappa shape index (κ3) is 4.23. The number of hydrogen-bond acceptors (Lipinski definition) is 2. The van der Waals surface area contributed by atoms with Gasteiger partial charge in [-0.25, -0.2) is 0 Å². The predicted molar refractivity (Wildman–Crippen MR) is 68.9 cm³/mol. The largest absolute Gasteiger partial charge is 0.488 e. The number of benzene rings is 1. The van der Waals surface area contributed by atoms with Gasteiger partial charge in [0.05, 0.1) is 0 Å². The van der Waals surface area contributed by atoms with Crippen LogP contribution in [-0.2, 0) is 0 Å². The van der Waals surface area contributed by atoms with Crippen LogP contribution in [0.25, 0.3) is 0 Å². The molecule has 0 amide bonds. The Morgan fingerprint density at radius 2 is 1.75 bits per heavy atom. The van der Waals surface area contributed by atoms with Crippen molar-refractivity contribution in [3.8, 4) is 5.75 Å². The lowest BCUT2D eigenvalue weighted by molar-refractivity contribution is 0.131. The molecule has 16 heavy (non-hydrogen) atoms. The Balaban J connectivity index is 2.68. The maximum Gasteiger partial charge on any atom is 0.120 e. The quantitative estimate of drug-likeness (QED) is 0.846. The smallest absolute Gasteiger partial charge is 0.120 e. The second-order valence-electron chi connectivity index (χ2n) is 5.26. The monoisotopic (exact) mass is 221 g/mol. The predicted octanol–water partition coefficient (Wildman–Crippen LogP) is 3.32. The van der Waals surface area contributed by atoms with Gasteiger partial charge < -0.3 is 10.5 Å². The minimum absolute atomic E-state index is 0.135. The Morgan fingerprint density at radius 3 is 2.19 bits per heavy atom. The van der Waals surface area contributed by atoms with Gasteiger partial charge in [0, 0.05) is 0 Å². The van der Waals surface area contributed by atoms with E-state index in [-0.39, 0.29) is 5.60 Å². The number of rotatable bonds is 4. The fourth-order valence-corrected chi connectivity index (χ4v) is 1.63. The van der Waals surface area contributed by atoms with E-state index in [0.29, 0.717) is 5.92 Å². The van der Waals surface area contributed by atoms with Crippen LogP contribution in [0.15, 0.2) is 24.3 Å². The molecule has 0 bridgehead atoms. The minimum atomic E-state index is -0.135. The van der Waals surface area contributed by atoms with Gasteiger partial charge in [-0.2, -0.15) is 0 Å². The van der Waals surface area contributed by atoms with E-state index in [0.717, 1.165) is 18.7 Å². The lowest BCUT2D eigenvalue weighted by Crippen LogP contribution is -2.22. The third-order valence-corrected chi connectivity index (χ3v) is 2.47. The Morgan fingerprint density at radius 1 is 1.19 bits per heavy atom. The summed E-state index contributed by atoms with van der Waals surface area (Å²) in [7, 11) is 0. The summed E-state index contributed by atoms with van der Waals surface area (Å²) in [5.41, 5.74) is 6.75. The first-order chi connectivity index (χ1) is 7.42. The maximum atomic E-state index is 5.77. The minimum Gasteiger partial charge on any atom is -0.488 e. The molecule has 2 heteroatoms. The third-order valence-electron chi connectivity index (χ3n) is 2.47. The summed E-state index contributed by atoms with van der Waals surface area (Å²) in [5.74, 6) is 1.45. The van der Waals surface area contributed by atoms with Crippen molar-refractivity contribution in [1.29, 1.82) is 0 Å². The Labute approximate surface area is 98.8 Å². The Hall–Kier alpha value is -1.02. The average molecular weight is 221 g/mol. The molecule has 0 radical (unpaired) electrons. The Bertz CT molecular complexity index is 311. The van der Waals surface area contributed by atoms with Gasteiger partial charge >= 0.3 is 0 Å². The summed E-state index contributed by atoms with van der Waals surface area (Å²) in [4.78, 5) is 0. The van der Waals surface area contributed by atoms with E-state index < -0.39 is 0 Å². The van der Waals surface area contributed by atoms with Gasteiger partial charge in [-0.3, -0.25) is 0 Å². The molecule has 1 unspecified atom stereocenters. The molecular weight excluding hydrogens is 198 g/mol. The van der Waals surface area contributed by atoms with Crippen molar-refractivity contribution in [2.75, 3.05) is 6.54 Å². The van der Waals surface area contributed by atoms with E-state index in [1.165, 1.54) is 5.56 Å². The molecule has 0 aliphatic heterocycles. The van der Waals surface area contributed by atoms with Crippen LogP contribution in [0, 0.1) is 0 Å². The van der Waals surface area contributed by atoms with E-state index in [4.69, 9.17) is 10.5 Å². The molecule has 0 saturated carbocycles. The molecule has 0 aromatic heterocycles. The average Bonchev–Trinajstić information content (AvgIpc) is 2.16. The SMILES string of the molecule is CC(CCN)c1ccc(OC(C)(C)C)cc1. The maximum absolute atomic E-state index is 5.77. The number of ether oxygens (including phenoxy) is 1. The highest BCUT2D eigenvalue weighted by atomic mass is 16.5. The first-order valence-electron chi connectivity index (χ1n) is 5.91. The summed E-state index contributed by atoms with van der Waals surface area (Å²) in [6.07, 6.45) is 1.03. The fraction of sp³-hybridized carbons (Fsp3) is 0.571. The Kier molecular flexibility index (Phi) is 4.36. The molecule has 1 aromatic carbocycles. The van der Waals surface area contributed by atoms with Gasteiger partial charge in [-0.1, -0.05) is 19.1 Å². The van der Waals surface area contributed by atoms with Crippen molar-refractivity contribution in [1.82, 2.24) is 0 Å². The van der Waals surface area contributed by atoms with Crippen LogP contribution in [0.1, 0.15) is 45.6 Å². The fourth-order valence-electron chi connectivity index (χ4n) is 1.63. The van der Waals surface area contributed by atoms with Crippen LogP contribution in [0.4, 0.5) is 0 Å². The van der Waals surface area contributed by atoms with Crippen molar-refractivity contribution in [3.05, 3.63) is 29.8 Å². The van der Waals surface area contributed by atoms with Crippen molar-refractivity contribution in [2.24, 2.45) is 5.73 Å². The number of nitrogens with two attached hydrogens (primary N) is 1. The summed E-state index contributed by atoms with van der Waals surface area (Å²) < 4.78 is 5.77. The zero-order valence-corrected chi connectivity index (χ0v) is 10.8. The first-order valence-corrected chi connectivity index (χ1v) is 5.91. The van der Waals surface area contributed by atoms with Crippen LogP contribution in [0.3, 0.4) is 0 Å². The highest BCUT2D eigenvalue weighted by molar-refractivity contribution is 5.29. The molecule has 2 N–H and O–H groups in total. The molecule has 1 atom stereocenters. The van der Waals surface area contributed by atoms with E-state index in [2.05, 4.69) is 39.8 Å². The van der Waals surface area contributed by atoms with Crippen molar-refractivity contribution >= 4 is 0 Å². The molecule has 0 spiro atoms. The van der Waals surface area contributed by atoms with Gasteiger partial charge in [0.25, 0.3) is 0 Å². The summed E-state index contributed by atoms with van der Waals surface area (Å²) >= 11 is 0. The lowest BCUT2D eigenvalue weighted by Gasteiger charge is -2.21. The van der Waals surface area contributed by atoms with E-state index in [1.807, 2.05) is 12.1 Å². The van der Waals surface area contributed by atoms with Crippen molar-refractivity contribution in [2.45, 2.75) is 45.6 Å². The highest BCUT2D eigenvalue weighted by Crippen LogP contribution is 2.23. The van der Waals surface area contributed by atoms with Gasteiger partial charge in [0.2, 0.25) is 0 Å². The second kappa shape index (κ2) is 5.35. The van der Waals surface area contributed by atoms with Gasteiger partial charge in [0.15, 0.2) is 0 Å².